The summed E-state index contributed by atoms with van der Waals surface area (Å²) in [6.07, 6.45) is -0.263. The van der Waals surface area contributed by atoms with Crippen LogP contribution in [0.5, 0.6) is 0 Å². The molecule has 0 aliphatic carbocycles. The van der Waals surface area contributed by atoms with Gasteiger partial charge in [0.2, 0.25) is 5.91 Å². The zero-order valence-corrected chi connectivity index (χ0v) is 16.6. The van der Waals surface area contributed by atoms with E-state index in [9.17, 15) is 9.59 Å². The molecule has 2 amide bonds. The van der Waals surface area contributed by atoms with Crippen molar-refractivity contribution in [2.45, 2.75) is 77.0 Å². The topological polar surface area (TPSA) is 83.5 Å². The maximum Gasteiger partial charge on any atom is 0.417 e. The molecule has 8 heteroatoms. The third-order valence-corrected chi connectivity index (χ3v) is 5.06. The van der Waals surface area contributed by atoms with Gasteiger partial charge in [0.25, 0.3) is 0 Å². The van der Waals surface area contributed by atoms with Crippen molar-refractivity contribution in [3.05, 3.63) is 12.7 Å². The van der Waals surface area contributed by atoms with Crippen molar-refractivity contribution in [2.24, 2.45) is 5.92 Å². The normalized spacial score (nSPS) is 35.9. The highest BCUT2D eigenvalue weighted by molar-refractivity contribution is 5.95. The van der Waals surface area contributed by atoms with Crippen LogP contribution in [0.2, 0.25) is 0 Å². The van der Waals surface area contributed by atoms with Gasteiger partial charge < -0.3 is 23.7 Å². The second-order valence-corrected chi connectivity index (χ2v) is 8.21. The van der Waals surface area contributed by atoms with E-state index in [2.05, 4.69) is 6.58 Å². The molecule has 0 aromatic rings. The number of carbonyl (C=O) groups is 2. The fourth-order valence-corrected chi connectivity index (χ4v) is 3.77. The molecule has 0 spiro atoms. The largest absolute Gasteiger partial charge is 0.441 e. The zero-order valence-electron chi connectivity index (χ0n) is 16.6. The van der Waals surface area contributed by atoms with Gasteiger partial charge in [-0.1, -0.05) is 13.0 Å². The van der Waals surface area contributed by atoms with E-state index in [1.807, 2.05) is 0 Å². The molecule has 3 saturated heterocycles. The summed E-state index contributed by atoms with van der Waals surface area (Å²) in [7, 11) is 0. The molecule has 0 bridgehead atoms. The van der Waals surface area contributed by atoms with Crippen LogP contribution < -0.4 is 0 Å². The highest BCUT2D eigenvalue weighted by atomic mass is 16.8. The monoisotopic (exact) mass is 383 g/mol. The van der Waals surface area contributed by atoms with E-state index in [0.717, 1.165) is 0 Å². The van der Waals surface area contributed by atoms with Crippen LogP contribution in [0.3, 0.4) is 0 Å². The molecule has 0 radical (unpaired) electrons. The Morgan fingerprint density at radius 1 is 1.19 bits per heavy atom. The van der Waals surface area contributed by atoms with Crippen molar-refractivity contribution < 1.29 is 33.3 Å². The summed E-state index contributed by atoms with van der Waals surface area (Å²) in [4.78, 5) is 26.8. The van der Waals surface area contributed by atoms with E-state index in [4.69, 9.17) is 23.7 Å². The molecule has 27 heavy (non-hydrogen) atoms. The minimum absolute atomic E-state index is 0.251. The third kappa shape index (κ3) is 4.03. The molecular weight excluding hydrogens is 354 g/mol. The molecule has 152 valence electrons. The average Bonchev–Trinajstić information content (AvgIpc) is 3.21. The lowest BCUT2D eigenvalue weighted by Gasteiger charge is -2.31. The fraction of sp³-hybridized carbons (Fsp3) is 0.789. The number of hydrogen-bond acceptors (Lipinski definition) is 7. The Labute approximate surface area is 159 Å². The van der Waals surface area contributed by atoms with E-state index in [1.165, 1.54) is 4.90 Å². The van der Waals surface area contributed by atoms with Gasteiger partial charge in [0.05, 0.1) is 13.2 Å². The van der Waals surface area contributed by atoms with Gasteiger partial charge in [-0.25, -0.2) is 9.69 Å². The van der Waals surface area contributed by atoms with E-state index < -0.39 is 47.9 Å². The van der Waals surface area contributed by atoms with E-state index in [0.29, 0.717) is 6.42 Å². The van der Waals surface area contributed by atoms with Gasteiger partial charge in [0, 0.05) is 5.92 Å². The lowest BCUT2D eigenvalue weighted by atomic mass is 9.98. The Kier molecular flexibility index (Phi) is 5.37. The van der Waals surface area contributed by atoms with Crippen LogP contribution in [-0.2, 0) is 28.5 Å². The lowest BCUT2D eigenvalue weighted by molar-refractivity contribution is -0.164. The van der Waals surface area contributed by atoms with Crippen molar-refractivity contribution in [2.75, 3.05) is 13.2 Å². The number of nitrogens with zero attached hydrogens (tertiary/aromatic N) is 1. The molecule has 0 N–H and O–H groups in total. The molecule has 0 aromatic heterocycles. The van der Waals surface area contributed by atoms with Crippen LogP contribution in [0.4, 0.5) is 4.79 Å². The van der Waals surface area contributed by atoms with Crippen LogP contribution in [0.1, 0.15) is 41.0 Å². The lowest BCUT2D eigenvalue weighted by Crippen LogP contribution is -2.54. The number of rotatable bonds is 5. The van der Waals surface area contributed by atoms with Crippen LogP contribution in [-0.4, -0.2) is 66.0 Å². The Morgan fingerprint density at radius 2 is 1.74 bits per heavy atom. The second-order valence-electron chi connectivity index (χ2n) is 8.21. The minimum atomic E-state index is -0.797. The zero-order chi connectivity index (χ0) is 20.0. The number of hydrogen-bond donors (Lipinski definition) is 0. The first-order valence-electron chi connectivity index (χ1n) is 9.33. The predicted octanol–water partition coefficient (Wildman–Crippen LogP) is 2.22. The summed E-state index contributed by atoms with van der Waals surface area (Å²) >= 11 is 0. The first-order valence-corrected chi connectivity index (χ1v) is 9.33. The molecule has 3 fully saturated rings. The summed E-state index contributed by atoms with van der Waals surface area (Å²) < 4.78 is 28.8. The Hall–Kier alpha value is -1.48. The number of amides is 2. The van der Waals surface area contributed by atoms with Gasteiger partial charge in [0.1, 0.15) is 18.2 Å². The van der Waals surface area contributed by atoms with Gasteiger partial charge in [0.15, 0.2) is 17.7 Å². The first-order chi connectivity index (χ1) is 12.5. The van der Waals surface area contributed by atoms with Crippen molar-refractivity contribution in [1.82, 2.24) is 4.90 Å². The van der Waals surface area contributed by atoms with E-state index >= 15 is 0 Å². The average molecular weight is 383 g/mol. The van der Waals surface area contributed by atoms with Crippen LogP contribution >= 0.6 is 0 Å². The van der Waals surface area contributed by atoms with Gasteiger partial charge >= 0.3 is 6.09 Å². The molecule has 0 aromatic carbocycles. The fourth-order valence-electron chi connectivity index (χ4n) is 3.77. The number of allylic oxidation sites excluding steroid dienone is 1. The maximum absolute atomic E-state index is 13.0. The standard InChI is InChI=1S/C19H29NO7/c1-7-8-11(2)16(21)20-14(12-9-23-18(3,4)26-12)15(25-17(20)22)13-10-24-19(5,6)27-13/h7,11-15H,1,8-10H2,2-6H3/t11-,12-,13-,14+,15-/m1/s1. The summed E-state index contributed by atoms with van der Waals surface area (Å²) in [5.74, 6) is -2.29. The summed E-state index contributed by atoms with van der Waals surface area (Å²) in [6.45, 7) is 13.1. The van der Waals surface area contributed by atoms with Gasteiger partial charge in [-0.15, -0.1) is 6.58 Å². The molecule has 3 heterocycles. The Bertz CT molecular complexity index is 617. The molecule has 0 unspecified atom stereocenters. The van der Waals surface area contributed by atoms with Gasteiger partial charge in [-0.2, -0.15) is 0 Å². The van der Waals surface area contributed by atoms with Crippen LogP contribution in [0.25, 0.3) is 0 Å². The number of cyclic esters (lactones) is 1. The van der Waals surface area contributed by atoms with Crippen molar-refractivity contribution in [1.29, 1.82) is 0 Å². The summed E-state index contributed by atoms with van der Waals surface area (Å²) in [5, 5.41) is 0. The smallest absolute Gasteiger partial charge is 0.417 e. The molecule has 3 aliphatic heterocycles. The SMILES string of the molecule is C=CC[C@@H](C)C(=O)N1C(=O)O[C@H]([C@H]2COC(C)(C)O2)[C@@H]1[C@H]1COC(C)(C)O1. The van der Waals surface area contributed by atoms with Gasteiger partial charge in [-0.3, -0.25) is 4.79 Å². The van der Waals surface area contributed by atoms with Gasteiger partial charge in [-0.05, 0) is 34.1 Å². The van der Waals surface area contributed by atoms with Crippen LogP contribution in [0, 0.1) is 5.92 Å². The highest BCUT2D eigenvalue weighted by Gasteiger charge is 2.57. The van der Waals surface area contributed by atoms with Crippen molar-refractivity contribution >= 4 is 12.0 Å². The first kappa shape index (κ1) is 20.3. The predicted molar refractivity (Wildman–Crippen MR) is 94.7 cm³/mol. The highest BCUT2D eigenvalue weighted by Crippen LogP contribution is 2.37. The molecular formula is C19H29NO7. The third-order valence-electron chi connectivity index (χ3n) is 5.06. The summed E-state index contributed by atoms with van der Waals surface area (Å²) in [5.41, 5.74) is 0. The Balaban J connectivity index is 1.88. The molecule has 3 rings (SSSR count). The van der Waals surface area contributed by atoms with E-state index in [1.54, 1.807) is 40.7 Å². The quantitative estimate of drug-likeness (QED) is 0.673. The molecule has 0 saturated carbocycles. The maximum atomic E-state index is 13.0. The Morgan fingerprint density at radius 3 is 2.22 bits per heavy atom. The van der Waals surface area contributed by atoms with Crippen molar-refractivity contribution in [3.63, 3.8) is 0 Å². The van der Waals surface area contributed by atoms with E-state index in [-0.39, 0.29) is 19.1 Å². The number of imide groups is 1. The number of ether oxygens (including phenoxy) is 5. The minimum Gasteiger partial charge on any atom is -0.441 e. The molecule has 5 atom stereocenters. The second kappa shape index (κ2) is 7.16. The molecule has 8 nitrogen and oxygen atoms in total. The van der Waals surface area contributed by atoms with Crippen LogP contribution in [0.15, 0.2) is 12.7 Å². The molecule has 3 aliphatic rings. The van der Waals surface area contributed by atoms with Crippen molar-refractivity contribution in [3.8, 4) is 0 Å². The summed E-state index contributed by atoms with van der Waals surface area (Å²) in [6, 6.07) is -0.651. The number of carbonyl (C=O) groups excluding carboxylic acids is 2.